The summed E-state index contributed by atoms with van der Waals surface area (Å²) in [6.45, 7) is 7.30. The highest BCUT2D eigenvalue weighted by Crippen LogP contribution is 2.17. The van der Waals surface area contributed by atoms with E-state index in [1.165, 1.54) is 11.8 Å². The average molecular weight is 286 g/mol. The van der Waals surface area contributed by atoms with Crippen LogP contribution in [0.1, 0.15) is 17.0 Å². The van der Waals surface area contributed by atoms with Crippen LogP contribution in [0.3, 0.4) is 0 Å². The van der Waals surface area contributed by atoms with Gasteiger partial charge in [0.05, 0.1) is 25.9 Å². The molecule has 0 radical (unpaired) electrons. The molecule has 1 heterocycles. The lowest BCUT2D eigenvalue weighted by Gasteiger charge is -2.11. The first-order valence-electron chi connectivity index (χ1n) is 6.24. The topological polar surface area (TPSA) is 64.5 Å². The first kappa shape index (κ1) is 16.4. The first-order chi connectivity index (χ1) is 9.04. The fraction of sp³-hybridized carbons (Fsp3) is 0.692. The number of aliphatic hydroxyl groups is 1. The number of aliphatic hydroxyl groups excluding tert-OH is 1. The minimum absolute atomic E-state index is 0.306. The third kappa shape index (κ3) is 5.86. The van der Waals surface area contributed by atoms with E-state index in [1.54, 1.807) is 7.11 Å². The van der Waals surface area contributed by atoms with Crippen molar-refractivity contribution in [2.24, 2.45) is 0 Å². The standard InChI is InChI=1S/C13H22N2O3S/c1-9-10(2)14-13(15-11(9)3)19-8-12(16)7-18-6-5-17-4/h12,16H,5-8H2,1-4H3. The Labute approximate surface area is 118 Å². The van der Waals surface area contributed by atoms with Crippen LogP contribution >= 0.6 is 11.8 Å². The first-order valence-corrected chi connectivity index (χ1v) is 7.22. The van der Waals surface area contributed by atoms with E-state index in [9.17, 15) is 5.11 Å². The summed E-state index contributed by atoms with van der Waals surface area (Å²) in [5, 5.41) is 10.5. The number of thioether (sulfide) groups is 1. The summed E-state index contributed by atoms with van der Waals surface area (Å²) in [4.78, 5) is 8.79. The van der Waals surface area contributed by atoms with E-state index >= 15 is 0 Å². The molecule has 0 saturated heterocycles. The van der Waals surface area contributed by atoms with E-state index in [1.807, 2.05) is 20.8 Å². The number of hydrogen-bond donors (Lipinski definition) is 1. The van der Waals surface area contributed by atoms with Gasteiger partial charge in [0.25, 0.3) is 0 Å². The molecule has 0 amide bonds. The van der Waals surface area contributed by atoms with Crippen molar-refractivity contribution in [3.63, 3.8) is 0 Å². The molecule has 5 nitrogen and oxygen atoms in total. The molecule has 0 spiro atoms. The lowest BCUT2D eigenvalue weighted by Crippen LogP contribution is -2.19. The normalized spacial score (nSPS) is 12.7. The molecule has 1 rings (SSSR count). The monoisotopic (exact) mass is 286 g/mol. The molecule has 108 valence electrons. The number of hydrogen-bond acceptors (Lipinski definition) is 6. The Morgan fingerprint density at radius 3 is 2.37 bits per heavy atom. The zero-order chi connectivity index (χ0) is 14.3. The largest absolute Gasteiger partial charge is 0.390 e. The molecule has 0 aromatic carbocycles. The Morgan fingerprint density at radius 1 is 1.16 bits per heavy atom. The summed E-state index contributed by atoms with van der Waals surface area (Å²) in [7, 11) is 1.62. The van der Waals surface area contributed by atoms with Gasteiger partial charge in [-0.2, -0.15) is 0 Å². The molecule has 1 aromatic heterocycles. The second-order valence-corrected chi connectivity index (χ2v) is 5.32. The molecule has 0 aliphatic heterocycles. The summed E-state index contributed by atoms with van der Waals surface area (Å²) in [6, 6.07) is 0. The van der Waals surface area contributed by atoms with Crippen molar-refractivity contribution < 1.29 is 14.6 Å². The van der Waals surface area contributed by atoms with Crippen molar-refractivity contribution in [2.45, 2.75) is 32.0 Å². The van der Waals surface area contributed by atoms with Crippen LogP contribution in [0.2, 0.25) is 0 Å². The fourth-order valence-corrected chi connectivity index (χ4v) is 2.23. The van der Waals surface area contributed by atoms with Crippen LogP contribution < -0.4 is 0 Å². The fourth-order valence-electron chi connectivity index (χ4n) is 1.39. The van der Waals surface area contributed by atoms with Crippen LogP contribution in [0, 0.1) is 20.8 Å². The van der Waals surface area contributed by atoms with Gasteiger partial charge in [0.1, 0.15) is 0 Å². The number of ether oxygens (including phenoxy) is 2. The third-order valence-corrected chi connectivity index (χ3v) is 3.75. The van der Waals surface area contributed by atoms with Crippen molar-refractivity contribution in [1.29, 1.82) is 0 Å². The Hall–Kier alpha value is -0.690. The smallest absolute Gasteiger partial charge is 0.188 e. The maximum atomic E-state index is 9.76. The molecular weight excluding hydrogens is 264 g/mol. The van der Waals surface area contributed by atoms with Crippen molar-refractivity contribution >= 4 is 11.8 Å². The summed E-state index contributed by atoms with van der Waals surface area (Å²) in [6.07, 6.45) is -0.521. The van der Waals surface area contributed by atoms with E-state index in [0.717, 1.165) is 17.0 Å². The molecule has 0 saturated carbocycles. The minimum atomic E-state index is -0.521. The Kier molecular flexibility index (Phi) is 7.30. The highest BCUT2D eigenvalue weighted by molar-refractivity contribution is 7.99. The van der Waals surface area contributed by atoms with E-state index in [2.05, 4.69) is 9.97 Å². The van der Waals surface area contributed by atoms with Crippen molar-refractivity contribution in [3.8, 4) is 0 Å². The van der Waals surface area contributed by atoms with E-state index in [0.29, 0.717) is 30.7 Å². The number of nitrogens with zero attached hydrogens (tertiary/aromatic N) is 2. The molecule has 0 fully saturated rings. The van der Waals surface area contributed by atoms with Crippen LogP contribution in [0.15, 0.2) is 5.16 Å². The van der Waals surface area contributed by atoms with Gasteiger partial charge in [-0.3, -0.25) is 0 Å². The van der Waals surface area contributed by atoms with Crippen molar-refractivity contribution in [1.82, 2.24) is 9.97 Å². The van der Waals surface area contributed by atoms with Crippen LogP contribution in [-0.4, -0.2) is 53.9 Å². The van der Waals surface area contributed by atoms with Gasteiger partial charge >= 0.3 is 0 Å². The Bertz CT molecular complexity index is 378. The predicted octanol–water partition coefficient (Wildman–Crippen LogP) is 1.52. The van der Waals surface area contributed by atoms with Crippen molar-refractivity contribution in [3.05, 3.63) is 17.0 Å². The summed E-state index contributed by atoms with van der Waals surface area (Å²) in [5.41, 5.74) is 3.09. The number of rotatable bonds is 8. The van der Waals surface area contributed by atoms with Gasteiger partial charge in [-0.15, -0.1) is 0 Å². The zero-order valence-corrected chi connectivity index (χ0v) is 12.8. The zero-order valence-electron chi connectivity index (χ0n) is 12.0. The van der Waals surface area contributed by atoms with Crippen LogP contribution in [0.5, 0.6) is 0 Å². The molecule has 1 atom stereocenters. The van der Waals surface area contributed by atoms with Gasteiger partial charge in [0, 0.05) is 24.3 Å². The highest BCUT2D eigenvalue weighted by Gasteiger charge is 2.09. The molecule has 19 heavy (non-hydrogen) atoms. The molecule has 1 N–H and O–H groups in total. The quantitative estimate of drug-likeness (QED) is 0.444. The van der Waals surface area contributed by atoms with Crippen LogP contribution in [0.25, 0.3) is 0 Å². The maximum absolute atomic E-state index is 9.76. The highest BCUT2D eigenvalue weighted by atomic mass is 32.2. The maximum Gasteiger partial charge on any atom is 0.188 e. The van der Waals surface area contributed by atoms with Crippen LogP contribution in [-0.2, 0) is 9.47 Å². The molecule has 0 aliphatic rings. The Morgan fingerprint density at radius 2 is 1.79 bits per heavy atom. The second-order valence-electron chi connectivity index (χ2n) is 4.33. The summed E-state index contributed by atoms with van der Waals surface area (Å²) >= 11 is 1.45. The molecule has 0 aliphatic carbocycles. The van der Waals surface area contributed by atoms with Gasteiger partial charge in [-0.25, -0.2) is 9.97 Å². The van der Waals surface area contributed by atoms with E-state index in [-0.39, 0.29) is 0 Å². The summed E-state index contributed by atoms with van der Waals surface area (Å²) in [5.74, 6) is 0.523. The van der Waals surface area contributed by atoms with Gasteiger partial charge in [0.2, 0.25) is 0 Å². The second kappa shape index (κ2) is 8.47. The van der Waals surface area contributed by atoms with E-state index < -0.39 is 6.10 Å². The molecule has 1 unspecified atom stereocenters. The van der Waals surface area contributed by atoms with Crippen molar-refractivity contribution in [2.75, 3.05) is 32.7 Å². The average Bonchev–Trinajstić information content (AvgIpc) is 2.38. The number of methoxy groups -OCH3 is 1. The third-order valence-electron chi connectivity index (χ3n) is 2.76. The van der Waals surface area contributed by atoms with Gasteiger partial charge in [-0.05, 0) is 26.3 Å². The number of aromatic nitrogens is 2. The minimum Gasteiger partial charge on any atom is -0.390 e. The van der Waals surface area contributed by atoms with Gasteiger partial charge in [0.15, 0.2) is 5.16 Å². The SMILES string of the molecule is COCCOCC(O)CSc1nc(C)c(C)c(C)n1. The van der Waals surface area contributed by atoms with Crippen LogP contribution in [0.4, 0.5) is 0 Å². The Balaban J connectivity index is 2.36. The lowest BCUT2D eigenvalue weighted by molar-refractivity contribution is 0.0218. The summed E-state index contributed by atoms with van der Waals surface area (Å²) < 4.78 is 10.1. The molecule has 0 bridgehead atoms. The predicted molar refractivity (Wildman–Crippen MR) is 75.7 cm³/mol. The van der Waals surface area contributed by atoms with Gasteiger partial charge in [-0.1, -0.05) is 11.8 Å². The lowest BCUT2D eigenvalue weighted by atomic mass is 10.2. The molecular formula is C13H22N2O3S. The molecule has 6 heteroatoms. The van der Waals surface area contributed by atoms with E-state index in [4.69, 9.17) is 9.47 Å². The number of aryl methyl sites for hydroxylation is 2. The molecule has 1 aromatic rings. The van der Waals surface area contributed by atoms with Gasteiger partial charge < -0.3 is 14.6 Å².